The fourth-order valence-electron chi connectivity index (χ4n) is 2.28. The van der Waals surface area contributed by atoms with E-state index in [0.29, 0.717) is 5.56 Å². The molecule has 0 saturated carbocycles. The maximum atomic E-state index is 12.2. The number of hydrogen-bond donors (Lipinski definition) is 0. The molecule has 0 amide bonds. The zero-order chi connectivity index (χ0) is 16.9. The lowest BCUT2D eigenvalue weighted by atomic mass is 10.1. The molecule has 7 heteroatoms. The summed E-state index contributed by atoms with van der Waals surface area (Å²) < 4.78 is 1.68. The average molecular weight is 400 g/mol. The molecule has 0 bridgehead atoms. The van der Waals surface area contributed by atoms with Crippen LogP contribution >= 0.6 is 0 Å². The Labute approximate surface area is 154 Å². The van der Waals surface area contributed by atoms with Crippen LogP contribution in [-0.2, 0) is 6.54 Å². The van der Waals surface area contributed by atoms with Gasteiger partial charge in [-0.15, -0.1) is 0 Å². The van der Waals surface area contributed by atoms with Crippen molar-refractivity contribution in [3.63, 3.8) is 0 Å². The molecule has 0 radical (unpaired) electrons. The van der Waals surface area contributed by atoms with E-state index in [-0.39, 0.29) is 35.0 Å². The second kappa shape index (κ2) is 8.25. The Morgan fingerprint density at radius 3 is 2.28 bits per heavy atom. The van der Waals surface area contributed by atoms with Crippen LogP contribution in [0.5, 0.6) is 0 Å². The number of non-ortho nitro benzene ring substituents is 1. The lowest BCUT2D eigenvalue weighted by Crippen LogP contribution is -3.00. The molecular formula is C18H14BrN3O3. The molecule has 0 N–H and O–H groups in total. The summed E-state index contributed by atoms with van der Waals surface area (Å²) in [6.45, 7) is 0.125. The number of carbonyl (C=O) groups excluding carboxylic acids is 1. The van der Waals surface area contributed by atoms with Gasteiger partial charge in [-0.3, -0.25) is 14.9 Å². The van der Waals surface area contributed by atoms with Gasteiger partial charge in [0.2, 0.25) is 5.78 Å². The van der Waals surface area contributed by atoms with Gasteiger partial charge in [-0.2, -0.15) is 0 Å². The molecule has 2 aromatic carbocycles. The highest BCUT2D eigenvalue weighted by atomic mass is 79.9. The minimum Gasteiger partial charge on any atom is -1.00 e. The lowest BCUT2D eigenvalue weighted by molar-refractivity contribution is -0.686. The van der Waals surface area contributed by atoms with E-state index < -0.39 is 4.92 Å². The molecule has 0 atom stereocenters. The van der Waals surface area contributed by atoms with Gasteiger partial charge in [-0.25, -0.2) is 4.57 Å². The topological polar surface area (TPSA) is 77.0 Å². The Morgan fingerprint density at radius 2 is 1.72 bits per heavy atom. The maximum Gasteiger partial charge on any atom is 0.287 e. The van der Waals surface area contributed by atoms with Crippen LogP contribution in [0.2, 0.25) is 0 Å². The number of aromatic nitrogens is 2. The molecule has 0 unspecified atom stereocenters. The van der Waals surface area contributed by atoms with Crippen LogP contribution in [-0.4, -0.2) is 15.7 Å². The fraction of sp³-hybridized carbons (Fsp3) is 0.0556. The van der Waals surface area contributed by atoms with Crippen molar-refractivity contribution in [1.82, 2.24) is 4.98 Å². The van der Waals surface area contributed by atoms with E-state index in [2.05, 4.69) is 4.98 Å². The van der Waals surface area contributed by atoms with E-state index >= 15 is 0 Å². The van der Waals surface area contributed by atoms with E-state index in [1.807, 2.05) is 36.4 Å². The van der Waals surface area contributed by atoms with Crippen molar-refractivity contribution in [2.45, 2.75) is 6.54 Å². The summed E-state index contributed by atoms with van der Waals surface area (Å²) in [5.74, 6) is -0.135. The van der Waals surface area contributed by atoms with Crippen LogP contribution in [0.25, 0.3) is 11.3 Å². The first-order valence-electron chi connectivity index (χ1n) is 7.31. The summed E-state index contributed by atoms with van der Waals surface area (Å²) in [6, 6.07) is 17.2. The van der Waals surface area contributed by atoms with E-state index in [9.17, 15) is 14.9 Å². The van der Waals surface area contributed by atoms with Crippen LogP contribution in [0.1, 0.15) is 10.4 Å². The number of benzene rings is 2. The largest absolute Gasteiger partial charge is 1.00 e. The maximum absolute atomic E-state index is 12.2. The first-order chi connectivity index (χ1) is 11.6. The standard InChI is InChI=1S/C18H14N3O3.BrH/c22-18(15-6-8-16(9-7-15)21(23)24)12-20-11-10-17(19-13-20)14-4-2-1-3-5-14;/h1-11,13H,12H2;1H/q+1;/p-1. The van der Waals surface area contributed by atoms with Gasteiger partial charge in [0.05, 0.1) is 11.1 Å². The van der Waals surface area contributed by atoms with E-state index in [1.165, 1.54) is 24.3 Å². The van der Waals surface area contributed by atoms with Gasteiger partial charge in [0, 0.05) is 29.3 Å². The summed E-state index contributed by atoms with van der Waals surface area (Å²) in [5.41, 5.74) is 2.23. The minimum absolute atomic E-state index is 0. The predicted molar refractivity (Wildman–Crippen MR) is 87.3 cm³/mol. The lowest BCUT2D eigenvalue weighted by Gasteiger charge is -2.01. The molecule has 0 spiro atoms. The van der Waals surface area contributed by atoms with Gasteiger partial charge in [-0.05, 0) is 17.1 Å². The van der Waals surface area contributed by atoms with Crippen LogP contribution in [0.4, 0.5) is 5.69 Å². The molecule has 0 fully saturated rings. The van der Waals surface area contributed by atoms with Crippen molar-refractivity contribution in [1.29, 1.82) is 0 Å². The number of hydrogen-bond acceptors (Lipinski definition) is 4. The van der Waals surface area contributed by atoms with E-state index in [4.69, 9.17) is 0 Å². The van der Waals surface area contributed by atoms with Crippen LogP contribution in [0.3, 0.4) is 0 Å². The highest BCUT2D eigenvalue weighted by Crippen LogP contribution is 2.14. The summed E-state index contributed by atoms with van der Waals surface area (Å²) in [5, 5.41) is 10.6. The Morgan fingerprint density at radius 1 is 1.04 bits per heavy atom. The zero-order valence-electron chi connectivity index (χ0n) is 13.1. The second-order valence-electron chi connectivity index (χ2n) is 5.21. The van der Waals surface area contributed by atoms with Crippen LogP contribution < -0.4 is 21.5 Å². The highest BCUT2D eigenvalue weighted by Gasteiger charge is 2.13. The monoisotopic (exact) mass is 399 g/mol. The van der Waals surface area contributed by atoms with Crippen LogP contribution in [0.15, 0.2) is 73.2 Å². The van der Waals surface area contributed by atoms with E-state index in [1.54, 1.807) is 17.1 Å². The smallest absolute Gasteiger partial charge is 0.287 e. The zero-order valence-corrected chi connectivity index (χ0v) is 14.7. The minimum atomic E-state index is -0.491. The number of nitrogens with zero attached hydrogens (tertiary/aromatic N) is 3. The quantitative estimate of drug-likeness (QED) is 0.258. The first-order valence-corrected chi connectivity index (χ1v) is 7.31. The van der Waals surface area contributed by atoms with Gasteiger partial charge >= 0.3 is 0 Å². The van der Waals surface area contributed by atoms with Crippen molar-refractivity contribution in [2.24, 2.45) is 0 Å². The van der Waals surface area contributed by atoms with Gasteiger partial charge in [0.15, 0.2) is 12.2 Å². The molecule has 3 rings (SSSR count). The number of ketones is 1. The van der Waals surface area contributed by atoms with Gasteiger partial charge < -0.3 is 17.0 Å². The van der Waals surface area contributed by atoms with Crippen molar-refractivity contribution < 1.29 is 31.3 Å². The number of carbonyl (C=O) groups is 1. The first kappa shape index (κ1) is 18.4. The molecule has 3 aromatic rings. The molecule has 1 aromatic heterocycles. The molecule has 0 aliphatic carbocycles. The molecule has 25 heavy (non-hydrogen) atoms. The second-order valence-corrected chi connectivity index (χ2v) is 5.21. The van der Waals surface area contributed by atoms with Crippen molar-refractivity contribution in [2.75, 3.05) is 0 Å². The Bertz CT molecular complexity index is 866. The third-order valence-corrected chi connectivity index (χ3v) is 3.56. The average Bonchev–Trinajstić information content (AvgIpc) is 2.63. The number of halogens is 1. The Balaban J connectivity index is 0.00000225. The van der Waals surface area contributed by atoms with Gasteiger partial charge in [-0.1, -0.05) is 30.3 Å². The third-order valence-electron chi connectivity index (χ3n) is 3.56. The highest BCUT2D eigenvalue weighted by molar-refractivity contribution is 5.95. The Kier molecular flexibility index (Phi) is 6.08. The number of nitro benzene ring substituents is 1. The van der Waals surface area contributed by atoms with Gasteiger partial charge in [0.1, 0.15) is 0 Å². The molecule has 0 saturated heterocycles. The SMILES string of the molecule is O=C(C[n+]1ccc(-c2ccccc2)nc1)c1ccc([N+](=O)[O-])cc1.[Br-]. The fourth-order valence-corrected chi connectivity index (χ4v) is 2.28. The number of nitro groups is 1. The molecule has 6 nitrogen and oxygen atoms in total. The molecule has 1 heterocycles. The predicted octanol–water partition coefficient (Wildman–Crippen LogP) is -0.169. The number of Topliss-reactive ketones (excluding diaryl/α,β-unsaturated/α-hetero) is 1. The summed E-state index contributed by atoms with van der Waals surface area (Å²) in [7, 11) is 0. The van der Waals surface area contributed by atoms with Crippen molar-refractivity contribution in [3.05, 3.63) is 88.9 Å². The van der Waals surface area contributed by atoms with E-state index in [0.717, 1.165) is 11.3 Å². The number of rotatable bonds is 5. The van der Waals surface area contributed by atoms with Crippen LogP contribution in [0, 0.1) is 10.1 Å². The van der Waals surface area contributed by atoms with Crippen molar-refractivity contribution >= 4 is 11.5 Å². The molecule has 0 aliphatic heterocycles. The summed E-state index contributed by atoms with van der Waals surface area (Å²) >= 11 is 0. The molecule has 126 valence electrons. The summed E-state index contributed by atoms with van der Waals surface area (Å²) in [6.07, 6.45) is 3.39. The molecular weight excluding hydrogens is 386 g/mol. The van der Waals surface area contributed by atoms with Gasteiger partial charge in [0.25, 0.3) is 12.0 Å². The summed E-state index contributed by atoms with van der Waals surface area (Å²) in [4.78, 5) is 26.7. The third kappa shape index (κ3) is 4.54. The normalized spacial score (nSPS) is 9.92. The molecule has 0 aliphatic rings. The Hall–Kier alpha value is -2.93. The van der Waals surface area contributed by atoms with Crippen molar-refractivity contribution in [3.8, 4) is 11.3 Å².